The Morgan fingerprint density at radius 3 is 2.58 bits per heavy atom. The van der Waals surface area contributed by atoms with Crippen LogP contribution in [0.5, 0.6) is 5.75 Å². The molecule has 9 heteroatoms. The van der Waals surface area contributed by atoms with Crippen LogP contribution in [-0.2, 0) is 16.4 Å². The number of ether oxygens (including phenoxy) is 1. The van der Waals surface area contributed by atoms with Gasteiger partial charge in [-0.05, 0) is 36.4 Å². The molecular weight excluding hydrogens is 361 g/mol. The van der Waals surface area contributed by atoms with E-state index < -0.39 is 15.8 Å². The van der Waals surface area contributed by atoms with Gasteiger partial charge in [0.1, 0.15) is 11.6 Å². The SMILES string of the molecule is COc1ccccc1-c1nnc(CCNS(=O)(=O)c2ccc(F)cc2)o1. The first-order chi connectivity index (χ1) is 12.5. The van der Waals surface area contributed by atoms with Crippen LogP contribution in [0.15, 0.2) is 57.8 Å². The van der Waals surface area contributed by atoms with Crippen molar-refractivity contribution in [1.29, 1.82) is 0 Å². The molecule has 0 radical (unpaired) electrons. The molecule has 0 fully saturated rings. The van der Waals surface area contributed by atoms with Gasteiger partial charge in [-0.1, -0.05) is 12.1 Å². The highest BCUT2D eigenvalue weighted by Gasteiger charge is 2.16. The molecule has 0 aliphatic heterocycles. The van der Waals surface area contributed by atoms with Crippen LogP contribution >= 0.6 is 0 Å². The maximum absolute atomic E-state index is 12.9. The largest absolute Gasteiger partial charge is 0.496 e. The zero-order chi connectivity index (χ0) is 18.6. The van der Waals surface area contributed by atoms with Gasteiger partial charge >= 0.3 is 0 Å². The first-order valence-corrected chi connectivity index (χ1v) is 9.19. The number of para-hydroxylation sites is 1. The summed E-state index contributed by atoms with van der Waals surface area (Å²) in [6.07, 6.45) is 0.211. The summed E-state index contributed by atoms with van der Waals surface area (Å²) in [5.74, 6) is 0.671. The van der Waals surface area contributed by atoms with E-state index in [4.69, 9.17) is 9.15 Å². The first kappa shape index (κ1) is 18.0. The molecule has 0 amide bonds. The van der Waals surface area contributed by atoms with Crippen LogP contribution in [0, 0.1) is 5.82 Å². The molecule has 0 atom stereocenters. The van der Waals surface area contributed by atoms with Crippen molar-refractivity contribution in [2.75, 3.05) is 13.7 Å². The zero-order valence-corrected chi connectivity index (χ0v) is 14.7. The normalized spacial score (nSPS) is 11.5. The van der Waals surface area contributed by atoms with Crippen LogP contribution in [0.25, 0.3) is 11.5 Å². The van der Waals surface area contributed by atoms with Crippen molar-refractivity contribution in [2.24, 2.45) is 0 Å². The molecule has 26 heavy (non-hydrogen) atoms. The number of methoxy groups -OCH3 is 1. The summed E-state index contributed by atoms with van der Waals surface area (Å²) >= 11 is 0. The van der Waals surface area contributed by atoms with Crippen LogP contribution < -0.4 is 9.46 Å². The maximum Gasteiger partial charge on any atom is 0.251 e. The monoisotopic (exact) mass is 377 g/mol. The summed E-state index contributed by atoms with van der Waals surface area (Å²) < 4.78 is 50.4. The van der Waals surface area contributed by atoms with E-state index in [2.05, 4.69) is 14.9 Å². The number of aromatic nitrogens is 2. The number of halogens is 1. The molecule has 0 saturated carbocycles. The maximum atomic E-state index is 12.9. The fourth-order valence-electron chi connectivity index (χ4n) is 2.27. The number of rotatable bonds is 7. The Bertz CT molecular complexity index is 987. The number of nitrogens with one attached hydrogen (secondary N) is 1. The van der Waals surface area contributed by atoms with E-state index in [1.54, 1.807) is 19.2 Å². The van der Waals surface area contributed by atoms with Gasteiger partial charge < -0.3 is 9.15 Å². The lowest BCUT2D eigenvalue weighted by atomic mass is 10.2. The van der Waals surface area contributed by atoms with Crippen molar-refractivity contribution in [3.63, 3.8) is 0 Å². The van der Waals surface area contributed by atoms with E-state index in [9.17, 15) is 12.8 Å². The molecule has 0 unspecified atom stereocenters. The summed E-state index contributed by atoms with van der Waals surface area (Å²) in [4.78, 5) is -0.0147. The number of benzene rings is 2. The number of hydrogen-bond acceptors (Lipinski definition) is 6. The molecule has 3 rings (SSSR count). The molecule has 1 N–H and O–H groups in total. The summed E-state index contributed by atoms with van der Waals surface area (Å²) in [7, 11) is -2.19. The molecule has 0 aliphatic rings. The van der Waals surface area contributed by atoms with E-state index in [0.717, 1.165) is 12.1 Å². The Morgan fingerprint density at radius 1 is 1.12 bits per heavy atom. The smallest absolute Gasteiger partial charge is 0.251 e. The molecular formula is C17H16FN3O4S. The lowest BCUT2D eigenvalue weighted by Crippen LogP contribution is -2.26. The molecule has 0 bridgehead atoms. The van der Waals surface area contributed by atoms with Gasteiger partial charge in [-0.2, -0.15) is 0 Å². The van der Waals surface area contributed by atoms with E-state index in [1.165, 1.54) is 12.1 Å². The second kappa shape index (κ2) is 7.63. The molecule has 3 aromatic rings. The lowest BCUT2D eigenvalue weighted by molar-refractivity contribution is 0.413. The van der Waals surface area contributed by atoms with Crippen LogP contribution in [-0.4, -0.2) is 32.3 Å². The van der Waals surface area contributed by atoms with Gasteiger partial charge in [-0.15, -0.1) is 10.2 Å². The second-order valence-corrected chi connectivity index (χ2v) is 7.07. The Hall–Kier alpha value is -2.78. The van der Waals surface area contributed by atoms with E-state index >= 15 is 0 Å². The highest BCUT2D eigenvalue weighted by atomic mass is 32.2. The minimum atomic E-state index is -3.73. The number of nitrogens with zero attached hydrogens (tertiary/aromatic N) is 2. The summed E-state index contributed by atoms with van der Waals surface area (Å²) in [5, 5.41) is 7.88. The van der Waals surface area contributed by atoms with Gasteiger partial charge in [0.2, 0.25) is 15.9 Å². The quantitative estimate of drug-likeness (QED) is 0.679. The van der Waals surface area contributed by atoms with Crippen molar-refractivity contribution in [3.05, 3.63) is 60.2 Å². The van der Waals surface area contributed by atoms with E-state index in [1.807, 2.05) is 12.1 Å². The average Bonchev–Trinajstić information content (AvgIpc) is 3.10. The standard InChI is InChI=1S/C17H16FN3O4S/c1-24-15-5-3-2-4-14(15)17-21-20-16(25-17)10-11-19-26(22,23)13-8-6-12(18)7-9-13/h2-9,19H,10-11H2,1H3. The van der Waals surface area contributed by atoms with Crippen molar-refractivity contribution in [3.8, 4) is 17.2 Å². The van der Waals surface area contributed by atoms with Gasteiger partial charge in [0.25, 0.3) is 5.89 Å². The fourth-order valence-corrected chi connectivity index (χ4v) is 3.31. The molecule has 1 aromatic heterocycles. The average molecular weight is 377 g/mol. The predicted octanol–water partition coefficient (Wildman–Crippen LogP) is 2.41. The van der Waals surface area contributed by atoms with Crippen molar-refractivity contribution < 1.29 is 22.0 Å². The molecule has 0 spiro atoms. The highest BCUT2D eigenvalue weighted by Crippen LogP contribution is 2.28. The summed E-state index contributed by atoms with van der Waals surface area (Å²) in [6.45, 7) is 0.0628. The van der Waals surface area contributed by atoms with Gasteiger partial charge in [0.05, 0.1) is 17.6 Å². The summed E-state index contributed by atoms with van der Waals surface area (Å²) in [5.41, 5.74) is 0.653. The molecule has 0 saturated heterocycles. The topological polar surface area (TPSA) is 94.3 Å². The molecule has 136 valence electrons. The van der Waals surface area contributed by atoms with Crippen LogP contribution in [0.3, 0.4) is 0 Å². The Balaban J connectivity index is 1.64. The molecule has 0 aliphatic carbocycles. The van der Waals surface area contributed by atoms with Gasteiger partial charge in [-0.3, -0.25) is 0 Å². The minimum absolute atomic E-state index is 0.0147. The van der Waals surface area contributed by atoms with Crippen LogP contribution in [0.4, 0.5) is 4.39 Å². The van der Waals surface area contributed by atoms with Gasteiger partial charge in [0, 0.05) is 13.0 Å². The van der Waals surface area contributed by atoms with Crippen LogP contribution in [0.1, 0.15) is 5.89 Å². The predicted molar refractivity (Wildman–Crippen MR) is 91.6 cm³/mol. The van der Waals surface area contributed by atoms with Crippen molar-refractivity contribution in [2.45, 2.75) is 11.3 Å². The number of hydrogen-bond donors (Lipinski definition) is 1. The third-order valence-corrected chi connectivity index (χ3v) is 5.04. The third-order valence-electron chi connectivity index (χ3n) is 3.56. The minimum Gasteiger partial charge on any atom is -0.496 e. The number of sulfonamides is 1. The first-order valence-electron chi connectivity index (χ1n) is 7.70. The van der Waals surface area contributed by atoms with E-state index in [0.29, 0.717) is 17.2 Å². The van der Waals surface area contributed by atoms with Crippen molar-refractivity contribution >= 4 is 10.0 Å². The van der Waals surface area contributed by atoms with Crippen LogP contribution in [0.2, 0.25) is 0 Å². The second-order valence-electron chi connectivity index (χ2n) is 5.30. The van der Waals surface area contributed by atoms with Crippen molar-refractivity contribution in [1.82, 2.24) is 14.9 Å². The Morgan fingerprint density at radius 2 is 1.85 bits per heavy atom. The Kier molecular flexibility index (Phi) is 5.29. The Labute approximate surface area is 149 Å². The fraction of sp³-hybridized carbons (Fsp3) is 0.176. The van der Waals surface area contributed by atoms with Gasteiger partial charge in [0.15, 0.2) is 0 Å². The highest BCUT2D eigenvalue weighted by molar-refractivity contribution is 7.89. The van der Waals surface area contributed by atoms with E-state index in [-0.39, 0.29) is 23.8 Å². The third kappa shape index (κ3) is 4.06. The lowest BCUT2D eigenvalue weighted by Gasteiger charge is -2.05. The molecule has 7 nitrogen and oxygen atoms in total. The van der Waals surface area contributed by atoms with Gasteiger partial charge in [-0.25, -0.2) is 17.5 Å². The zero-order valence-electron chi connectivity index (χ0n) is 13.8. The molecule has 2 aromatic carbocycles. The molecule has 1 heterocycles. The summed E-state index contributed by atoms with van der Waals surface area (Å²) in [6, 6.07) is 11.8.